The van der Waals surface area contributed by atoms with E-state index in [1.165, 1.54) is 12.1 Å². The Kier molecular flexibility index (Phi) is 8.09. The first-order valence-corrected chi connectivity index (χ1v) is 10.6. The zero-order valence-corrected chi connectivity index (χ0v) is 19.1. The second kappa shape index (κ2) is 11.2. The van der Waals surface area contributed by atoms with Crippen molar-refractivity contribution in [3.8, 4) is 11.8 Å². The first-order valence-electron chi connectivity index (χ1n) is 9.82. The minimum absolute atomic E-state index is 0.104. The van der Waals surface area contributed by atoms with Gasteiger partial charge in [0, 0.05) is 16.9 Å². The third-order valence-electron chi connectivity index (χ3n) is 4.42. The molecule has 8 heteroatoms. The van der Waals surface area contributed by atoms with E-state index in [0.717, 1.165) is 5.56 Å². The smallest absolute Gasteiger partial charge is 0.266 e. The van der Waals surface area contributed by atoms with Crippen LogP contribution in [0.3, 0.4) is 0 Å². The number of benzene rings is 3. The fourth-order valence-corrected chi connectivity index (χ4v) is 3.17. The average molecular weight is 480 g/mol. The molecule has 6 nitrogen and oxygen atoms in total. The van der Waals surface area contributed by atoms with Gasteiger partial charge in [0.2, 0.25) is 0 Å². The fourth-order valence-electron chi connectivity index (χ4n) is 2.87. The summed E-state index contributed by atoms with van der Waals surface area (Å²) in [6, 6.07) is 20.7. The number of amides is 2. The SMILES string of the molecule is Cc1cccc(NC(=O)C(C#N)=Cc2ccccc2OCC(=O)Nc2ccc(Cl)c(Cl)c2)c1. The van der Waals surface area contributed by atoms with Gasteiger partial charge in [0.15, 0.2) is 6.61 Å². The van der Waals surface area contributed by atoms with Crippen LogP contribution in [-0.4, -0.2) is 18.4 Å². The van der Waals surface area contributed by atoms with E-state index in [0.29, 0.717) is 32.7 Å². The molecule has 0 unspecified atom stereocenters. The zero-order chi connectivity index (χ0) is 23.8. The number of carbonyl (C=O) groups excluding carboxylic acids is 2. The third kappa shape index (κ3) is 6.84. The van der Waals surface area contributed by atoms with Crippen LogP contribution in [0.1, 0.15) is 11.1 Å². The molecule has 2 N–H and O–H groups in total. The van der Waals surface area contributed by atoms with E-state index >= 15 is 0 Å². The van der Waals surface area contributed by atoms with Gasteiger partial charge in [-0.05, 0) is 55.0 Å². The maximum absolute atomic E-state index is 12.6. The lowest BCUT2D eigenvalue weighted by Gasteiger charge is -2.11. The summed E-state index contributed by atoms with van der Waals surface area (Å²) in [4.78, 5) is 24.8. The monoisotopic (exact) mass is 479 g/mol. The minimum Gasteiger partial charge on any atom is -0.483 e. The number of anilines is 2. The largest absolute Gasteiger partial charge is 0.483 e. The standard InChI is InChI=1S/C25H19Cl2N3O3/c1-16-5-4-7-19(11-16)30-25(32)18(14-28)12-17-6-2-3-8-23(17)33-15-24(31)29-20-9-10-21(26)22(27)13-20/h2-13H,15H2,1H3,(H,29,31)(H,30,32). The van der Waals surface area contributed by atoms with Crippen LogP contribution < -0.4 is 15.4 Å². The van der Waals surface area contributed by atoms with E-state index in [4.69, 9.17) is 27.9 Å². The molecule has 0 aliphatic carbocycles. The summed E-state index contributed by atoms with van der Waals surface area (Å²) in [7, 11) is 0. The molecule has 3 aromatic carbocycles. The van der Waals surface area contributed by atoms with Crippen molar-refractivity contribution in [3.63, 3.8) is 0 Å². The molecule has 0 atom stereocenters. The lowest BCUT2D eigenvalue weighted by atomic mass is 10.1. The van der Waals surface area contributed by atoms with Crippen molar-refractivity contribution >= 4 is 52.5 Å². The molecular formula is C25H19Cl2N3O3. The number of nitrogens with zero attached hydrogens (tertiary/aromatic N) is 1. The van der Waals surface area contributed by atoms with Gasteiger partial charge in [-0.3, -0.25) is 9.59 Å². The molecule has 0 aromatic heterocycles. The van der Waals surface area contributed by atoms with Crippen LogP contribution in [0.15, 0.2) is 72.3 Å². The Morgan fingerprint density at radius 2 is 1.73 bits per heavy atom. The van der Waals surface area contributed by atoms with E-state index in [1.54, 1.807) is 48.5 Å². The first kappa shape index (κ1) is 23.9. The van der Waals surface area contributed by atoms with E-state index in [-0.39, 0.29) is 12.2 Å². The van der Waals surface area contributed by atoms with Crippen molar-refractivity contribution in [2.45, 2.75) is 6.92 Å². The highest BCUT2D eigenvalue weighted by molar-refractivity contribution is 6.42. The van der Waals surface area contributed by atoms with Crippen LogP contribution in [0.2, 0.25) is 10.0 Å². The highest BCUT2D eigenvalue weighted by atomic mass is 35.5. The summed E-state index contributed by atoms with van der Waals surface area (Å²) in [5.74, 6) is -0.613. The molecule has 3 aromatic rings. The molecule has 0 aliphatic heterocycles. The average Bonchev–Trinajstić information content (AvgIpc) is 2.79. The summed E-state index contributed by atoms with van der Waals surface area (Å²) in [6.07, 6.45) is 1.41. The number of ether oxygens (including phenoxy) is 1. The molecule has 0 spiro atoms. The summed E-state index contributed by atoms with van der Waals surface area (Å²) in [6.45, 7) is 1.62. The number of aryl methyl sites for hydroxylation is 1. The Hall–Kier alpha value is -3.79. The quantitative estimate of drug-likeness (QED) is 0.327. The number of nitrogens with one attached hydrogen (secondary N) is 2. The Balaban J connectivity index is 1.69. The Morgan fingerprint density at radius 1 is 0.970 bits per heavy atom. The lowest BCUT2D eigenvalue weighted by Crippen LogP contribution is -2.20. The number of carbonyl (C=O) groups is 2. The van der Waals surface area contributed by atoms with Crippen LogP contribution in [0.4, 0.5) is 11.4 Å². The maximum atomic E-state index is 12.6. The van der Waals surface area contributed by atoms with Gasteiger partial charge in [-0.2, -0.15) is 5.26 Å². The van der Waals surface area contributed by atoms with Crippen molar-refractivity contribution in [1.82, 2.24) is 0 Å². The summed E-state index contributed by atoms with van der Waals surface area (Å²) in [5.41, 5.74) is 2.42. The number of nitriles is 1. The molecule has 0 aliphatic rings. The molecule has 3 rings (SSSR count). The molecule has 0 saturated heterocycles. The first-order chi connectivity index (χ1) is 15.9. The Labute approximate surface area is 201 Å². The van der Waals surface area contributed by atoms with Crippen molar-refractivity contribution < 1.29 is 14.3 Å². The molecular weight excluding hydrogens is 461 g/mol. The highest BCUT2D eigenvalue weighted by Gasteiger charge is 2.12. The van der Waals surface area contributed by atoms with Gasteiger partial charge in [-0.1, -0.05) is 53.5 Å². The van der Waals surface area contributed by atoms with Crippen molar-refractivity contribution in [3.05, 3.63) is 93.5 Å². The molecule has 2 amide bonds. The number of halogens is 2. The second-order valence-corrected chi connectivity index (χ2v) is 7.81. The Morgan fingerprint density at radius 3 is 2.45 bits per heavy atom. The summed E-state index contributed by atoms with van der Waals surface area (Å²) >= 11 is 11.8. The van der Waals surface area contributed by atoms with Gasteiger partial charge in [0.1, 0.15) is 17.4 Å². The van der Waals surface area contributed by atoms with Gasteiger partial charge in [-0.25, -0.2) is 0 Å². The molecule has 33 heavy (non-hydrogen) atoms. The van der Waals surface area contributed by atoms with E-state index in [9.17, 15) is 14.9 Å². The lowest BCUT2D eigenvalue weighted by molar-refractivity contribution is -0.118. The van der Waals surface area contributed by atoms with Crippen molar-refractivity contribution in [1.29, 1.82) is 5.26 Å². The van der Waals surface area contributed by atoms with Gasteiger partial charge in [-0.15, -0.1) is 0 Å². The molecule has 166 valence electrons. The minimum atomic E-state index is -0.546. The Bertz CT molecular complexity index is 1270. The van der Waals surface area contributed by atoms with Crippen LogP contribution in [0, 0.1) is 18.3 Å². The van der Waals surface area contributed by atoms with Crippen LogP contribution >= 0.6 is 23.2 Å². The molecule has 0 saturated carbocycles. The summed E-state index contributed by atoms with van der Waals surface area (Å²) in [5, 5.41) is 15.6. The van der Waals surface area contributed by atoms with Gasteiger partial charge in [0.05, 0.1) is 10.0 Å². The molecule has 0 bridgehead atoms. The third-order valence-corrected chi connectivity index (χ3v) is 5.16. The number of hydrogen-bond donors (Lipinski definition) is 2. The van der Waals surface area contributed by atoms with Crippen LogP contribution in [-0.2, 0) is 9.59 Å². The van der Waals surface area contributed by atoms with E-state index in [2.05, 4.69) is 10.6 Å². The normalized spacial score (nSPS) is 10.8. The zero-order valence-electron chi connectivity index (χ0n) is 17.6. The van der Waals surface area contributed by atoms with E-state index in [1.807, 2.05) is 25.1 Å². The van der Waals surface area contributed by atoms with Gasteiger partial charge < -0.3 is 15.4 Å². The maximum Gasteiger partial charge on any atom is 0.266 e. The van der Waals surface area contributed by atoms with Crippen LogP contribution in [0.5, 0.6) is 5.75 Å². The number of rotatable bonds is 7. The van der Waals surface area contributed by atoms with E-state index < -0.39 is 11.8 Å². The number of hydrogen-bond acceptors (Lipinski definition) is 4. The second-order valence-electron chi connectivity index (χ2n) is 7.00. The molecule has 0 fully saturated rings. The predicted octanol–water partition coefficient (Wildman–Crippen LogP) is 5.87. The van der Waals surface area contributed by atoms with Gasteiger partial charge >= 0.3 is 0 Å². The van der Waals surface area contributed by atoms with Crippen molar-refractivity contribution in [2.75, 3.05) is 17.2 Å². The predicted molar refractivity (Wildman–Crippen MR) is 130 cm³/mol. The topological polar surface area (TPSA) is 91.2 Å². The molecule has 0 radical (unpaired) electrons. The number of para-hydroxylation sites is 1. The molecule has 0 heterocycles. The van der Waals surface area contributed by atoms with Gasteiger partial charge in [0.25, 0.3) is 11.8 Å². The highest BCUT2D eigenvalue weighted by Crippen LogP contribution is 2.25. The fraction of sp³-hybridized carbons (Fsp3) is 0.0800. The van der Waals surface area contributed by atoms with Crippen LogP contribution in [0.25, 0.3) is 6.08 Å². The summed E-state index contributed by atoms with van der Waals surface area (Å²) < 4.78 is 5.63. The van der Waals surface area contributed by atoms with Crippen molar-refractivity contribution in [2.24, 2.45) is 0 Å².